The lowest BCUT2D eigenvalue weighted by atomic mass is 10.1. The molecule has 0 saturated carbocycles. The Hall–Kier alpha value is -2.64. The van der Waals surface area contributed by atoms with Crippen molar-refractivity contribution in [3.05, 3.63) is 64.0 Å². The van der Waals surface area contributed by atoms with E-state index in [1.165, 1.54) is 17.4 Å². The summed E-state index contributed by atoms with van der Waals surface area (Å²) in [7, 11) is -3.70. The normalized spacial score (nSPS) is 11.9. The van der Waals surface area contributed by atoms with Crippen LogP contribution in [0.4, 0.5) is 5.69 Å². The Bertz CT molecular complexity index is 1180. The van der Waals surface area contributed by atoms with Gasteiger partial charge in [-0.1, -0.05) is 17.7 Å². The standard InChI is InChI=1S/C22H23NO4S2/c1-5-27-21(24)9-7-19-13-17-12-18(6-8-20(17)28-19)23-29(25,26)22-15(3)10-14(2)11-16(22)4/h6-13,23H,5H2,1-4H3/b9-7+. The van der Waals surface area contributed by atoms with Gasteiger partial charge in [-0.25, -0.2) is 13.2 Å². The zero-order valence-corrected chi connectivity index (χ0v) is 18.4. The van der Waals surface area contributed by atoms with Crippen LogP contribution in [0.15, 0.2) is 47.4 Å². The highest BCUT2D eigenvalue weighted by Gasteiger charge is 2.20. The molecule has 0 fully saturated rings. The summed E-state index contributed by atoms with van der Waals surface area (Å²) >= 11 is 1.52. The first-order valence-electron chi connectivity index (χ1n) is 9.18. The molecule has 2 aromatic carbocycles. The van der Waals surface area contributed by atoms with Gasteiger partial charge in [0.2, 0.25) is 0 Å². The van der Waals surface area contributed by atoms with Crippen LogP contribution in [0.3, 0.4) is 0 Å². The molecule has 0 atom stereocenters. The predicted molar refractivity (Wildman–Crippen MR) is 119 cm³/mol. The van der Waals surface area contributed by atoms with Gasteiger partial charge in [-0.3, -0.25) is 4.72 Å². The number of anilines is 1. The zero-order chi connectivity index (χ0) is 21.2. The third-order valence-electron chi connectivity index (χ3n) is 4.33. The summed E-state index contributed by atoms with van der Waals surface area (Å²) in [5, 5.41) is 0.899. The molecule has 7 heteroatoms. The topological polar surface area (TPSA) is 72.5 Å². The first kappa shape index (κ1) is 21.1. The Morgan fingerprint density at radius 3 is 2.45 bits per heavy atom. The Kier molecular flexibility index (Phi) is 6.10. The number of carbonyl (C=O) groups is 1. The maximum atomic E-state index is 13.0. The molecule has 0 spiro atoms. The van der Waals surface area contributed by atoms with Crippen LogP contribution in [-0.4, -0.2) is 21.0 Å². The summed E-state index contributed by atoms with van der Waals surface area (Å²) in [6.45, 7) is 7.65. The Labute approximate surface area is 175 Å². The quantitative estimate of drug-likeness (QED) is 0.432. The third kappa shape index (κ3) is 4.86. The maximum Gasteiger partial charge on any atom is 0.330 e. The van der Waals surface area contributed by atoms with Crippen LogP contribution in [0.25, 0.3) is 16.2 Å². The number of nitrogens with one attached hydrogen (secondary N) is 1. The van der Waals surface area contributed by atoms with Crippen LogP contribution in [-0.2, 0) is 19.6 Å². The van der Waals surface area contributed by atoms with Gasteiger partial charge in [0.15, 0.2) is 0 Å². The van der Waals surface area contributed by atoms with Crippen molar-refractivity contribution in [3.63, 3.8) is 0 Å². The third-order valence-corrected chi connectivity index (χ3v) is 7.10. The molecule has 152 valence electrons. The van der Waals surface area contributed by atoms with Crippen molar-refractivity contribution in [3.8, 4) is 0 Å². The second-order valence-electron chi connectivity index (χ2n) is 6.82. The predicted octanol–water partition coefficient (Wildman–Crippen LogP) is 5.20. The molecule has 0 aliphatic rings. The molecule has 5 nitrogen and oxygen atoms in total. The van der Waals surface area contributed by atoms with Crippen LogP contribution in [0.5, 0.6) is 0 Å². The van der Waals surface area contributed by atoms with E-state index < -0.39 is 10.0 Å². The van der Waals surface area contributed by atoms with E-state index in [0.29, 0.717) is 17.2 Å². The summed E-state index contributed by atoms with van der Waals surface area (Å²) in [4.78, 5) is 12.7. The Morgan fingerprint density at radius 2 is 1.79 bits per heavy atom. The summed E-state index contributed by atoms with van der Waals surface area (Å²) < 4.78 is 34.5. The number of thiophene rings is 1. The smallest absolute Gasteiger partial charge is 0.330 e. The average Bonchev–Trinajstić information content (AvgIpc) is 3.00. The van der Waals surface area contributed by atoms with Crippen molar-refractivity contribution in [1.82, 2.24) is 0 Å². The number of hydrogen-bond acceptors (Lipinski definition) is 5. The second-order valence-corrected chi connectivity index (χ2v) is 9.55. The van der Waals surface area contributed by atoms with Crippen LogP contribution < -0.4 is 4.72 Å². The van der Waals surface area contributed by atoms with E-state index >= 15 is 0 Å². The molecule has 1 heterocycles. The lowest BCUT2D eigenvalue weighted by Crippen LogP contribution is -2.15. The van der Waals surface area contributed by atoms with E-state index in [4.69, 9.17) is 4.74 Å². The molecule has 0 saturated heterocycles. The number of ether oxygens (including phenoxy) is 1. The van der Waals surface area contributed by atoms with Crippen molar-refractivity contribution < 1.29 is 17.9 Å². The molecule has 29 heavy (non-hydrogen) atoms. The molecule has 0 aliphatic heterocycles. The summed E-state index contributed by atoms with van der Waals surface area (Å²) in [6, 6.07) is 11.1. The van der Waals surface area contributed by atoms with Crippen molar-refractivity contribution in [2.24, 2.45) is 0 Å². The summed E-state index contributed by atoms with van der Waals surface area (Å²) in [6.07, 6.45) is 3.09. The van der Waals surface area contributed by atoms with Crippen molar-refractivity contribution in [2.75, 3.05) is 11.3 Å². The van der Waals surface area contributed by atoms with Gasteiger partial charge < -0.3 is 4.74 Å². The van der Waals surface area contributed by atoms with Crippen molar-refractivity contribution >= 4 is 49.2 Å². The molecule has 0 aliphatic carbocycles. The molecular formula is C22H23NO4S2. The van der Waals surface area contributed by atoms with Gasteiger partial charge in [0, 0.05) is 21.3 Å². The molecule has 0 bridgehead atoms. The minimum absolute atomic E-state index is 0.312. The Morgan fingerprint density at radius 1 is 1.10 bits per heavy atom. The fourth-order valence-electron chi connectivity index (χ4n) is 3.35. The summed E-state index contributed by atoms with van der Waals surface area (Å²) in [5.74, 6) is -0.387. The van der Waals surface area contributed by atoms with Crippen LogP contribution in [0.1, 0.15) is 28.5 Å². The molecule has 1 N–H and O–H groups in total. The van der Waals surface area contributed by atoms with E-state index in [2.05, 4.69) is 4.72 Å². The lowest BCUT2D eigenvalue weighted by molar-refractivity contribution is -0.137. The van der Waals surface area contributed by atoms with E-state index in [1.54, 1.807) is 39.0 Å². The van der Waals surface area contributed by atoms with Gasteiger partial charge in [0.05, 0.1) is 11.5 Å². The van der Waals surface area contributed by atoms with Gasteiger partial charge in [-0.2, -0.15) is 0 Å². The number of fused-ring (bicyclic) bond motifs is 1. The van der Waals surface area contributed by atoms with Crippen LogP contribution in [0.2, 0.25) is 0 Å². The fourth-order valence-corrected chi connectivity index (χ4v) is 5.80. The SMILES string of the molecule is CCOC(=O)/C=C/c1cc2cc(NS(=O)(=O)c3c(C)cc(C)cc3C)ccc2s1. The van der Waals surface area contributed by atoms with E-state index in [9.17, 15) is 13.2 Å². The highest BCUT2D eigenvalue weighted by atomic mass is 32.2. The number of sulfonamides is 1. The minimum atomic E-state index is -3.70. The monoisotopic (exact) mass is 429 g/mol. The molecule has 0 amide bonds. The molecule has 3 rings (SSSR count). The Balaban J connectivity index is 1.88. The van der Waals surface area contributed by atoms with Gasteiger partial charge in [-0.05, 0) is 74.5 Å². The van der Waals surface area contributed by atoms with Crippen molar-refractivity contribution in [2.45, 2.75) is 32.6 Å². The van der Waals surface area contributed by atoms with Gasteiger partial charge in [0.1, 0.15) is 0 Å². The van der Waals surface area contributed by atoms with E-state index in [1.807, 2.05) is 31.2 Å². The molecule has 0 radical (unpaired) electrons. The average molecular weight is 430 g/mol. The number of esters is 1. The second kappa shape index (κ2) is 8.39. The maximum absolute atomic E-state index is 13.0. The lowest BCUT2D eigenvalue weighted by Gasteiger charge is -2.14. The summed E-state index contributed by atoms with van der Waals surface area (Å²) in [5.41, 5.74) is 2.97. The minimum Gasteiger partial charge on any atom is -0.463 e. The van der Waals surface area contributed by atoms with Crippen LogP contribution in [0, 0.1) is 20.8 Å². The molecule has 0 unspecified atom stereocenters. The van der Waals surface area contributed by atoms with Gasteiger partial charge >= 0.3 is 5.97 Å². The number of rotatable bonds is 6. The number of benzene rings is 2. The highest BCUT2D eigenvalue weighted by molar-refractivity contribution is 7.92. The molecular weight excluding hydrogens is 406 g/mol. The van der Waals surface area contributed by atoms with Gasteiger partial charge in [0.25, 0.3) is 10.0 Å². The first-order valence-corrected chi connectivity index (χ1v) is 11.5. The van der Waals surface area contributed by atoms with Gasteiger partial charge in [-0.15, -0.1) is 11.3 Å². The van der Waals surface area contributed by atoms with E-state index in [0.717, 1.165) is 31.7 Å². The number of carbonyl (C=O) groups excluding carboxylic acids is 1. The molecule has 1 aromatic heterocycles. The largest absolute Gasteiger partial charge is 0.463 e. The first-order chi connectivity index (χ1) is 13.7. The molecule has 3 aromatic rings. The fraction of sp³-hybridized carbons (Fsp3) is 0.227. The van der Waals surface area contributed by atoms with Crippen LogP contribution >= 0.6 is 11.3 Å². The van der Waals surface area contributed by atoms with E-state index in [-0.39, 0.29) is 5.97 Å². The number of aryl methyl sites for hydroxylation is 3. The highest BCUT2D eigenvalue weighted by Crippen LogP contribution is 2.30. The number of hydrogen-bond donors (Lipinski definition) is 1. The zero-order valence-electron chi connectivity index (χ0n) is 16.8. The van der Waals surface area contributed by atoms with Crippen molar-refractivity contribution in [1.29, 1.82) is 0 Å².